The maximum absolute atomic E-state index is 12.6. The Kier molecular flexibility index (Phi) is 2.90. The lowest BCUT2D eigenvalue weighted by Gasteiger charge is -2.08. The molecular formula is C14H12N2O4. The van der Waals surface area contributed by atoms with Crippen molar-refractivity contribution in [1.29, 1.82) is 0 Å². The topological polar surface area (TPSA) is 66.5 Å². The first kappa shape index (κ1) is 12.3. The standard InChI is InChI=1S/C14H12N2O4/c1-18-9-6-11(19-2)13-12(7-9)20-8-10(14(13)17)16-5-3-4-15-16/h3-8H,1-2H3. The van der Waals surface area contributed by atoms with E-state index in [9.17, 15) is 4.79 Å². The van der Waals surface area contributed by atoms with Gasteiger partial charge in [0.15, 0.2) is 0 Å². The minimum absolute atomic E-state index is 0.213. The quantitative estimate of drug-likeness (QED) is 0.729. The highest BCUT2D eigenvalue weighted by atomic mass is 16.5. The molecule has 0 atom stereocenters. The van der Waals surface area contributed by atoms with E-state index in [0.717, 1.165) is 0 Å². The summed E-state index contributed by atoms with van der Waals surface area (Å²) in [6.07, 6.45) is 4.64. The van der Waals surface area contributed by atoms with Gasteiger partial charge in [0, 0.05) is 24.5 Å². The molecule has 0 saturated heterocycles. The molecule has 2 heterocycles. The molecule has 0 bridgehead atoms. The molecule has 0 radical (unpaired) electrons. The normalized spacial score (nSPS) is 10.7. The maximum Gasteiger partial charge on any atom is 0.222 e. The summed E-state index contributed by atoms with van der Waals surface area (Å²) < 4.78 is 17.4. The highest BCUT2D eigenvalue weighted by Gasteiger charge is 2.15. The first-order valence-electron chi connectivity index (χ1n) is 5.92. The lowest BCUT2D eigenvalue weighted by molar-refractivity contribution is 0.396. The molecule has 6 nitrogen and oxygen atoms in total. The van der Waals surface area contributed by atoms with Crippen LogP contribution in [-0.2, 0) is 0 Å². The summed E-state index contributed by atoms with van der Waals surface area (Å²) in [5.41, 5.74) is 0.516. The van der Waals surface area contributed by atoms with Gasteiger partial charge < -0.3 is 13.9 Å². The van der Waals surface area contributed by atoms with Crippen LogP contribution in [0, 0.1) is 0 Å². The molecule has 0 amide bonds. The van der Waals surface area contributed by atoms with Crippen LogP contribution in [0.1, 0.15) is 0 Å². The summed E-state index contributed by atoms with van der Waals surface area (Å²) in [6, 6.07) is 5.02. The van der Waals surface area contributed by atoms with Crippen LogP contribution in [0.4, 0.5) is 0 Å². The van der Waals surface area contributed by atoms with Crippen LogP contribution < -0.4 is 14.9 Å². The van der Waals surface area contributed by atoms with E-state index in [2.05, 4.69) is 5.10 Å². The van der Waals surface area contributed by atoms with Gasteiger partial charge >= 0.3 is 0 Å². The smallest absolute Gasteiger partial charge is 0.222 e. The fourth-order valence-electron chi connectivity index (χ4n) is 2.03. The first-order valence-corrected chi connectivity index (χ1v) is 5.92. The fraction of sp³-hybridized carbons (Fsp3) is 0.143. The summed E-state index contributed by atoms with van der Waals surface area (Å²) in [4.78, 5) is 12.6. The maximum atomic E-state index is 12.6. The Bertz CT molecular complexity index is 806. The van der Waals surface area contributed by atoms with Gasteiger partial charge in [-0.1, -0.05) is 0 Å². The summed E-state index contributed by atoms with van der Waals surface area (Å²) in [7, 11) is 3.03. The van der Waals surface area contributed by atoms with E-state index in [-0.39, 0.29) is 5.43 Å². The second-order valence-electron chi connectivity index (χ2n) is 4.10. The Balaban J connectivity index is 2.35. The monoisotopic (exact) mass is 272 g/mol. The van der Waals surface area contributed by atoms with E-state index in [0.29, 0.717) is 28.2 Å². The van der Waals surface area contributed by atoms with Crippen molar-refractivity contribution in [3.63, 3.8) is 0 Å². The van der Waals surface area contributed by atoms with E-state index in [1.165, 1.54) is 25.2 Å². The second kappa shape index (κ2) is 4.73. The Morgan fingerprint density at radius 2 is 2.10 bits per heavy atom. The van der Waals surface area contributed by atoms with Crippen molar-refractivity contribution in [2.45, 2.75) is 0 Å². The number of methoxy groups -OCH3 is 2. The van der Waals surface area contributed by atoms with Crippen LogP contribution in [0.2, 0.25) is 0 Å². The van der Waals surface area contributed by atoms with Gasteiger partial charge in [0.05, 0.1) is 14.2 Å². The minimum Gasteiger partial charge on any atom is -0.496 e. The molecule has 102 valence electrons. The summed E-state index contributed by atoms with van der Waals surface area (Å²) in [5.74, 6) is 0.964. The lowest BCUT2D eigenvalue weighted by atomic mass is 10.2. The number of nitrogens with zero attached hydrogens (tertiary/aromatic N) is 2. The highest BCUT2D eigenvalue weighted by Crippen LogP contribution is 2.29. The molecule has 0 aliphatic heterocycles. The van der Waals surface area contributed by atoms with Gasteiger partial charge in [-0.15, -0.1) is 0 Å². The average Bonchev–Trinajstić information content (AvgIpc) is 3.00. The van der Waals surface area contributed by atoms with Crippen molar-refractivity contribution in [2.24, 2.45) is 0 Å². The average molecular weight is 272 g/mol. The molecule has 3 aromatic rings. The molecule has 0 fully saturated rings. The van der Waals surface area contributed by atoms with Gasteiger partial charge in [-0.3, -0.25) is 4.79 Å². The molecule has 0 aliphatic rings. The number of fused-ring (bicyclic) bond motifs is 1. The Hall–Kier alpha value is -2.76. The SMILES string of the molecule is COc1cc(OC)c2c(=O)c(-n3cccn3)coc2c1. The van der Waals surface area contributed by atoms with E-state index in [1.54, 1.807) is 30.6 Å². The molecule has 0 spiro atoms. The lowest BCUT2D eigenvalue weighted by Crippen LogP contribution is -2.12. The first-order chi connectivity index (χ1) is 9.74. The van der Waals surface area contributed by atoms with E-state index < -0.39 is 0 Å². The van der Waals surface area contributed by atoms with Crippen molar-refractivity contribution >= 4 is 11.0 Å². The third kappa shape index (κ3) is 1.82. The number of rotatable bonds is 3. The van der Waals surface area contributed by atoms with Crippen molar-refractivity contribution in [1.82, 2.24) is 9.78 Å². The van der Waals surface area contributed by atoms with Gasteiger partial charge in [0.1, 0.15) is 34.4 Å². The number of hydrogen-bond acceptors (Lipinski definition) is 5. The molecule has 0 saturated carbocycles. The Morgan fingerprint density at radius 3 is 2.75 bits per heavy atom. The number of aromatic nitrogens is 2. The second-order valence-corrected chi connectivity index (χ2v) is 4.10. The Morgan fingerprint density at radius 1 is 1.25 bits per heavy atom. The minimum atomic E-state index is -0.213. The van der Waals surface area contributed by atoms with Crippen LogP contribution >= 0.6 is 0 Å². The molecule has 2 aromatic heterocycles. The third-order valence-electron chi connectivity index (χ3n) is 3.00. The van der Waals surface area contributed by atoms with Crippen LogP contribution in [0.25, 0.3) is 16.7 Å². The van der Waals surface area contributed by atoms with Gasteiger partial charge in [0.2, 0.25) is 5.43 Å². The zero-order chi connectivity index (χ0) is 14.1. The molecule has 0 unspecified atom stereocenters. The zero-order valence-corrected chi connectivity index (χ0v) is 11.0. The zero-order valence-electron chi connectivity index (χ0n) is 11.0. The predicted molar refractivity (Wildman–Crippen MR) is 72.7 cm³/mol. The number of benzene rings is 1. The third-order valence-corrected chi connectivity index (χ3v) is 3.00. The van der Waals surface area contributed by atoms with Gasteiger partial charge in [-0.25, -0.2) is 4.68 Å². The van der Waals surface area contributed by atoms with Gasteiger partial charge in [0.25, 0.3) is 0 Å². The van der Waals surface area contributed by atoms with Crippen LogP contribution in [0.3, 0.4) is 0 Å². The van der Waals surface area contributed by atoms with Crippen LogP contribution in [-0.4, -0.2) is 24.0 Å². The molecule has 6 heteroatoms. The number of hydrogen-bond donors (Lipinski definition) is 0. The van der Waals surface area contributed by atoms with Crippen molar-refractivity contribution in [3.05, 3.63) is 47.1 Å². The molecular weight excluding hydrogens is 260 g/mol. The van der Waals surface area contributed by atoms with Crippen molar-refractivity contribution in [2.75, 3.05) is 14.2 Å². The van der Waals surface area contributed by atoms with Crippen LogP contribution in [0.15, 0.2) is 46.1 Å². The molecule has 3 rings (SSSR count). The number of ether oxygens (including phenoxy) is 2. The Labute approximate surface area is 114 Å². The summed E-state index contributed by atoms with van der Waals surface area (Å²) in [5, 5.41) is 4.40. The van der Waals surface area contributed by atoms with E-state index >= 15 is 0 Å². The van der Waals surface area contributed by atoms with Gasteiger partial charge in [-0.05, 0) is 6.07 Å². The summed E-state index contributed by atoms with van der Waals surface area (Å²) >= 11 is 0. The molecule has 1 aromatic carbocycles. The van der Waals surface area contributed by atoms with Crippen LogP contribution in [0.5, 0.6) is 11.5 Å². The van der Waals surface area contributed by atoms with E-state index in [1.807, 2.05) is 0 Å². The summed E-state index contributed by atoms with van der Waals surface area (Å²) in [6.45, 7) is 0. The predicted octanol–water partition coefficient (Wildman–Crippen LogP) is 2.00. The molecule has 0 aliphatic carbocycles. The fourth-order valence-corrected chi connectivity index (χ4v) is 2.03. The van der Waals surface area contributed by atoms with Crippen molar-refractivity contribution in [3.8, 4) is 17.2 Å². The van der Waals surface area contributed by atoms with E-state index in [4.69, 9.17) is 13.9 Å². The highest BCUT2D eigenvalue weighted by molar-refractivity contribution is 5.86. The largest absolute Gasteiger partial charge is 0.496 e. The molecule has 0 N–H and O–H groups in total. The van der Waals surface area contributed by atoms with Gasteiger partial charge in [-0.2, -0.15) is 5.10 Å². The molecule has 20 heavy (non-hydrogen) atoms. The van der Waals surface area contributed by atoms with Crippen molar-refractivity contribution < 1.29 is 13.9 Å².